The van der Waals surface area contributed by atoms with Crippen molar-refractivity contribution in [3.63, 3.8) is 0 Å². The van der Waals surface area contributed by atoms with Crippen LogP contribution >= 0.6 is 11.6 Å². The Kier molecular flexibility index (Phi) is 9.34. The van der Waals surface area contributed by atoms with Gasteiger partial charge in [0.25, 0.3) is 0 Å². The van der Waals surface area contributed by atoms with Crippen LogP contribution in [-0.2, 0) is 25.6 Å². The maximum Gasteiger partial charge on any atom is 0.408 e. The molecule has 0 heterocycles. The van der Waals surface area contributed by atoms with Crippen molar-refractivity contribution in [1.82, 2.24) is 5.32 Å². The average molecular weight is 448 g/mol. The predicted octanol–water partition coefficient (Wildman–Crippen LogP) is 4.59. The maximum atomic E-state index is 12.7. The fourth-order valence-electron chi connectivity index (χ4n) is 2.73. The monoisotopic (exact) mass is 447 g/mol. The summed E-state index contributed by atoms with van der Waals surface area (Å²) in [6, 6.07) is 14.6. The van der Waals surface area contributed by atoms with Gasteiger partial charge in [0, 0.05) is 0 Å². The molecule has 2 rings (SSSR count). The number of nitrogens with one attached hydrogen (secondary N) is 1. The van der Waals surface area contributed by atoms with Crippen molar-refractivity contribution in [2.45, 2.75) is 39.5 Å². The number of carbonyl (C=O) groups is 3. The number of alkyl carbamates (subject to hydrolysis) is 1. The van der Waals surface area contributed by atoms with Gasteiger partial charge in [-0.1, -0.05) is 67.9 Å². The summed E-state index contributed by atoms with van der Waals surface area (Å²) < 4.78 is 15.4. The normalized spacial score (nSPS) is 12.5. The standard InChI is InChI=1S/C23H26ClNO6/c1-15(2)20(25-23(28)29-13-17-7-5-4-6-8-17)22(27)31-16(3)18-9-11-19(12-10-18)21(26)30-14-24/h4-12,15-16,20H,13-14H2,1-3H3,(H,25,28)/t16?,20-/m0/s1. The van der Waals surface area contributed by atoms with E-state index in [1.54, 1.807) is 45.0 Å². The molecule has 2 aromatic rings. The fourth-order valence-corrected chi connectivity index (χ4v) is 2.83. The van der Waals surface area contributed by atoms with Crippen LogP contribution in [0.5, 0.6) is 0 Å². The highest BCUT2D eigenvalue weighted by atomic mass is 35.5. The molecule has 0 spiro atoms. The second-order valence-corrected chi connectivity index (χ2v) is 7.39. The van der Waals surface area contributed by atoms with E-state index in [9.17, 15) is 14.4 Å². The van der Waals surface area contributed by atoms with E-state index in [2.05, 4.69) is 5.32 Å². The minimum absolute atomic E-state index is 0.0987. The molecule has 8 heteroatoms. The van der Waals surface area contributed by atoms with Gasteiger partial charge < -0.3 is 19.5 Å². The largest absolute Gasteiger partial charge is 0.456 e. The van der Waals surface area contributed by atoms with Crippen LogP contribution in [-0.4, -0.2) is 30.1 Å². The van der Waals surface area contributed by atoms with Gasteiger partial charge in [-0.3, -0.25) is 0 Å². The molecule has 1 unspecified atom stereocenters. The summed E-state index contributed by atoms with van der Waals surface area (Å²) in [7, 11) is 0. The zero-order chi connectivity index (χ0) is 22.8. The molecule has 0 saturated heterocycles. The first kappa shape index (κ1) is 24.2. The molecule has 2 atom stereocenters. The first-order chi connectivity index (χ1) is 14.8. The number of benzene rings is 2. The summed E-state index contributed by atoms with van der Waals surface area (Å²) in [5.41, 5.74) is 1.86. The van der Waals surface area contributed by atoms with E-state index in [0.29, 0.717) is 11.1 Å². The Balaban J connectivity index is 1.93. The van der Waals surface area contributed by atoms with Crippen molar-refractivity contribution in [2.24, 2.45) is 5.92 Å². The highest BCUT2D eigenvalue weighted by Gasteiger charge is 2.28. The van der Waals surface area contributed by atoms with Crippen molar-refractivity contribution < 1.29 is 28.6 Å². The van der Waals surface area contributed by atoms with Crippen molar-refractivity contribution in [3.8, 4) is 0 Å². The summed E-state index contributed by atoms with van der Waals surface area (Å²) in [4.78, 5) is 36.5. The molecule has 2 aromatic carbocycles. The van der Waals surface area contributed by atoms with Crippen LogP contribution in [0.2, 0.25) is 0 Å². The molecule has 0 aliphatic rings. The van der Waals surface area contributed by atoms with Gasteiger partial charge in [0.2, 0.25) is 0 Å². The molecular formula is C23H26ClNO6. The second-order valence-electron chi connectivity index (χ2n) is 7.17. The lowest BCUT2D eigenvalue weighted by Gasteiger charge is -2.23. The molecule has 1 N–H and O–H groups in total. The SMILES string of the molecule is CC(OC(=O)[C@@H](NC(=O)OCc1ccccc1)C(C)C)c1ccc(C(=O)OCCl)cc1. The molecule has 0 bridgehead atoms. The van der Waals surface area contributed by atoms with Crippen LogP contribution in [0.25, 0.3) is 0 Å². The van der Waals surface area contributed by atoms with Crippen LogP contribution in [0, 0.1) is 5.92 Å². The van der Waals surface area contributed by atoms with Gasteiger partial charge in [-0.25, -0.2) is 14.4 Å². The fraction of sp³-hybridized carbons (Fsp3) is 0.348. The highest BCUT2D eigenvalue weighted by Crippen LogP contribution is 2.20. The van der Waals surface area contributed by atoms with Gasteiger partial charge in [0.15, 0.2) is 6.07 Å². The number of ether oxygens (including phenoxy) is 3. The van der Waals surface area contributed by atoms with Crippen LogP contribution in [0.15, 0.2) is 54.6 Å². The van der Waals surface area contributed by atoms with E-state index < -0.39 is 30.2 Å². The lowest BCUT2D eigenvalue weighted by molar-refractivity contribution is -0.152. The molecule has 0 fully saturated rings. The summed E-state index contributed by atoms with van der Waals surface area (Å²) >= 11 is 5.39. The Labute approximate surface area is 186 Å². The Hall–Kier alpha value is -3.06. The number of hydrogen-bond acceptors (Lipinski definition) is 6. The number of rotatable bonds is 9. The molecule has 1 amide bonds. The third kappa shape index (κ3) is 7.61. The third-order valence-electron chi connectivity index (χ3n) is 4.50. The van der Waals surface area contributed by atoms with Crippen LogP contribution in [0.4, 0.5) is 4.79 Å². The van der Waals surface area contributed by atoms with Gasteiger partial charge >= 0.3 is 18.0 Å². The van der Waals surface area contributed by atoms with E-state index in [0.717, 1.165) is 5.56 Å². The molecule has 7 nitrogen and oxygen atoms in total. The van der Waals surface area contributed by atoms with E-state index in [-0.39, 0.29) is 18.6 Å². The van der Waals surface area contributed by atoms with Gasteiger partial charge in [-0.2, -0.15) is 0 Å². The van der Waals surface area contributed by atoms with Crippen molar-refractivity contribution >= 4 is 29.6 Å². The van der Waals surface area contributed by atoms with Crippen LogP contribution < -0.4 is 5.32 Å². The summed E-state index contributed by atoms with van der Waals surface area (Å²) in [6.45, 7) is 5.40. The van der Waals surface area contributed by atoms with E-state index in [1.165, 1.54) is 0 Å². The lowest BCUT2D eigenvalue weighted by Crippen LogP contribution is -2.45. The number of esters is 2. The molecule has 0 aromatic heterocycles. The Bertz CT molecular complexity index is 869. The van der Waals surface area contributed by atoms with Crippen molar-refractivity contribution in [2.75, 3.05) is 6.07 Å². The summed E-state index contributed by atoms with van der Waals surface area (Å²) in [6.07, 6.45) is -1.29. The number of hydrogen-bond donors (Lipinski definition) is 1. The van der Waals surface area contributed by atoms with Crippen LogP contribution in [0.1, 0.15) is 48.4 Å². The van der Waals surface area contributed by atoms with Crippen molar-refractivity contribution in [3.05, 3.63) is 71.3 Å². The van der Waals surface area contributed by atoms with Crippen molar-refractivity contribution in [1.29, 1.82) is 0 Å². The zero-order valence-corrected chi connectivity index (χ0v) is 18.4. The van der Waals surface area contributed by atoms with Gasteiger partial charge in [-0.05, 0) is 36.1 Å². The first-order valence-corrected chi connectivity index (χ1v) is 10.4. The first-order valence-electron chi connectivity index (χ1n) is 9.82. The number of alkyl halides is 1. The van der Waals surface area contributed by atoms with E-state index in [4.69, 9.17) is 25.8 Å². The molecule has 31 heavy (non-hydrogen) atoms. The molecule has 0 aliphatic carbocycles. The summed E-state index contributed by atoms with van der Waals surface area (Å²) in [5, 5.41) is 2.57. The van der Waals surface area contributed by atoms with Gasteiger partial charge in [0.1, 0.15) is 18.8 Å². The Morgan fingerprint density at radius 2 is 1.58 bits per heavy atom. The Morgan fingerprint density at radius 1 is 0.935 bits per heavy atom. The second kappa shape index (κ2) is 12.0. The topological polar surface area (TPSA) is 90.9 Å². The smallest absolute Gasteiger partial charge is 0.408 e. The van der Waals surface area contributed by atoms with Gasteiger partial charge in [0.05, 0.1) is 5.56 Å². The van der Waals surface area contributed by atoms with E-state index in [1.807, 2.05) is 30.3 Å². The maximum absolute atomic E-state index is 12.7. The zero-order valence-electron chi connectivity index (χ0n) is 17.7. The predicted molar refractivity (Wildman–Crippen MR) is 115 cm³/mol. The van der Waals surface area contributed by atoms with Gasteiger partial charge in [-0.15, -0.1) is 0 Å². The minimum atomic E-state index is -0.872. The average Bonchev–Trinajstić information content (AvgIpc) is 2.76. The quantitative estimate of drug-likeness (QED) is 0.343. The molecule has 0 saturated carbocycles. The minimum Gasteiger partial charge on any atom is -0.456 e. The number of carbonyl (C=O) groups excluding carboxylic acids is 3. The Morgan fingerprint density at radius 3 is 2.16 bits per heavy atom. The summed E-state index contributed by atoms with van der Waals surface area (Å²) in [5.74, 6) is -1.33. The molecule has 0 aliphatic heterocycles. The van der Waals surface area contributed by atoms with Crippen LogP contribution in [0.3, 0.4) is 0 Å². The third-order valence-corrected chi connectivity index (χ3v) is 4.61. The number of halogens is 1. The molecular weight excluding hydrogens is 422 g/mol. The van der Waals surface area contributed by atoms with E-state index >= 15 is 0 Å². The highest BCUT2D eigenvalue weighted by molar-refractivity contribution is 6.17. The molecule has 166 valence electrons. The lowest BCUT2D eigenvalue weighted by atomic mass is 10.0. The number of amides is 1. The molecule has 0 radical (unpaired) electrons.